The van der Waals surface area contributed by atoms with E-state index >= 15 is 0 Å². The molecule has 2 N–H and O–H groups in total. The summed E-state index contributed by atoms with van der Waals surface area (Å²) >= 11 is 0. The summed E-state index contributed by atoms with van der Waals surface area (Å²) in [5.74, 6) is 2.93. The van der Waals surface area contributed by atoms with E-state index in [1.54, 1.807) is 18.2 Å². The quantitative estimate of drug-likeness (QED) is 0.467. The lowest BCUT2D eigenvalue weighted by Gasteiger charge is -1.79. The molecule has 0 amide bonds. The van der Waals surface area contributed by atoms with E-state index in [4.69, 9.17) is 5.73 Å². The highest BCUT2D eigenvalue weighted by molar-refractivity contribution is 5.92. The van der Waals surface area contributed by atoms with Gasteiger partial charge >= 0.3 is 0 Å². The SMILES string of the molecule is NC1=NN=C=CC=C1. The predicted octanol–water partition coefficient (Wildman–Crippen LogP) is 0.0543. The van der Waals surface area contributed by atoms with E-state index in [1.165, 1.54) is 0 Å². The van der Waals surface area contributed by atoms with Crippen molar-refractivity contribution in [1.29, 1.82) is 0 Å². The van der Waals surface area contributed by atoms with Crippen molar-refractivity contribution < 1.29 is 0 Å². The smallest absolute Gasteiger partial charge is 0.146 e. The second-order valence-electron chi connectivity index (χ2n) is 1.28. The zero-order chi connectivity index (χ0) is 5.82. The van der Waals surface area contributed by atoms with Crippen molar-refractivity contribution in [3.63, 3.8) is 0 Å². The fourth-order valence-corrected chi connectivity index (χ4v) is 0.343. The van der Waals surface area contributed by atoms with Crippen LogP contribution >= 0.6 is 0 Å². The van der Waals surface area contributed by atoms with Crippen LogP contribution in [0, 0.1) is 0 Å². The van der Waals surface area contributed by atoms with Crippen LogP contribution in [0.25, 0.3) is 0 Å². The maximum Gasteiger partial charge on any atom is 0.146 e. The molecule has 0 aromatic rings. The van der Waals surface area contributed by atoms with E-state index in [9.17, 15) is 0 Å². The van der Waals surface area contributed by atoms with Crippen LogP contribution in [0.3, 0.4) is 0 Å². The Morgan fingerprint density at radius 1 is 1.62 bits per heavy atom. The van der Waals surface area contributed by atoms with Crippen molar-refractivity contribution in [1.82, 2.24) is 0 Å². The first-order chi connectivity index (χ1) is 3.89. The van der Waals surface area contributed by atoms with Gasteiger partial charge in [-0.25, -0.2) is 0 Å². The number of hydrogen-bond acceptors (Lipinski definition) is 3. The first-order valence-electron chi connectivity index (χ1n) is 2.18. The topological polar surface area (TPSA) is 50.7 Å². The van der Waals surface area contributed by atoms with Crippen molar-refractivity contribution in [3.05, 3.63) is 18.2 Å². The first-order valence-corrected chi connectivity index (χ1v) is 2.18. The van der Waals surface area contributed by atoms with Crippen LogP contribution < -0.4 is 5.73 Å². The van der Waals surface area contributed by atoms with Gasteiger partial charge in [0.2, 0.25) is 0 Å². The van der Waals surface area contributed by atoms with Gasteiger partial charge in [0.05, 0.1) is 0 Å². The predicted molar refractivity (Wildman–Crippen MR) is 32.8 cm³/mol. The third-order valence-electron chi connectivity index (χ3n) is 0.661. The highest BCUT2D eigenvalue weighted by Crippen LogP contribution is 1.80. The highest BCUT2D eigenvalue weighted by atomic mass is 15.2. The third kappa shape index (κ3) is 1.06. The molecule has 0 saturated heterocycles. The van der Waals surface area contributed by atoms with Gasteiger partial charge in [-0.3, -0.25) is 0 Å². The normalized spacial score (nSPS) is 15.8. The average molecular weight is 107 g/mol. The molecule has 1 heterocycles. The van der Waals surface area contributed by atoms with E-state index in [0.717, 1.165) is 0 Å². The summed E-state index contributed by atoms with van der Waals surface area (Å²) in [7, 11) is 0. The molecule has 1 aliphatic rings. The fourth-order valence-electron chi connectivity index (χ4n) is 0.343. The molecule has 1 rings (SSSR count). The summed E-state index contributed by atoms with van der Waals surface area (Å²) in [5.41, 5.74) is 5.24. The number of nitrogens with zero attached hydrogens (tertiary/aromatic N) is 2. The molecule has 0 fully saturated rings. The van der Waals surface area contributed by atoms with Crippen molar-refractivity contribution >= 4 is 11.7 Å². The Hall–Kier alpha value is -1.34. The molecular formula is C5H5N3. The second kappa shape index (κ2) is 2.09. The maximum absolute atomic E-state index is 5.24. The monoisotopic (exact) mass is 107 g/mol. The van der Waals surface area contributed by atoms with Crippen molar-refractivity contribution in [2.75, 3.05) is 0 Å². The van der Waals surface area contributed by atoms with E-state index in [1.807, 2.05) is 0 Å². The first kappa shape index (κ1) is 4.81. The van der Waals surface area contributed by atoms with Crippen LogP contribution in [-0.2, 0) is 0 Å². The van der Waals surface area contributed by atoms with Crippen LogP contribution in [0.5, 0.6) is 0 Å². The van der Waals surface area contributed by atoms with Gasteiger partial charge in [-0.2, -0.15) is 0 Å². The molecule has 0 spiro atoms. The van der Waals surface area contributed by atoms with Crippen molar-refractivity contribution in [2.45, 2.75) is 0 Å². The van der Waals surface area contributed by atoms with E-state index in [2.05, 4.69) is 16.1 Å². The van der Waals surface area contributed by atoms with Gasteiger partial charge in [-0.1, -0.05) is 0 Å². The number of amidine groups is 1. The van der Waals surface area contributed by atoms with Gasteiger partial charge in [0.15, 0.2) is 0 Å². The molecule has 0 aromatic heterocycles. The number of rotatable bonds is 0. The number of hydrogen-bond donors (Lipinski definition) is 1. The molecule has 0 atom stereocenters. The Labute approximate surface area is 46.9 Å². The molecule has 0 radical (unpaired) electrons. The van der Waals surface area contributed by atoms with E-state index in [-0.39, 0.29) is 0 Å². The average Bonchev–Trinajstić information content (AvgIpc) is 1.94. The second-order valence-corrected chi connectivity index (χ2v) is 1.28. The van der Waals surface area contributed by atoms with Crippen LogP contribution in [0.1, 0.15) is 0 Å². The third-order valence-corrected chi connectivity index (χ3v) is 0.661. The summed E-state index contributed by atoms with van der Waals surface area (Å²) in [5, 5.41) is 6.96. The molecular weight excluding hydrogens is 102 g/mol. The Bertz CT molecular complexity index is 194. The van der Waals surface area contributed by atoms with Gasteiger partial charge in [0.1, 0.15) is 5.84 Å². The largest absolute Gasteiger partial charge is 0.382 e. The van der Waals surface area contributed by atoms with Crippen LogP contribution in [0.15, 0.2) is 28.4 Å². The lowest BCUT2D eigenvalue weighted by atomic mass is 10.5. The van der Waals surface area contributed by atoms with Crippen LogP contribution in [0.2, 0.25) is 0 Å². The fraction of sp³-hybridized carbons (Fsp3) is 0. The summed E-state index contributed by atoms with van der Waals surface area (Å²) in [6.07, 6.45) is 5.03. The summed E-state index contributed by atoms with van der Waals surface area (Å²) < 4.78 is 0. The zero-order valence-corrected chi connectivity index (χ0v) is 4.20. The Kier molecular flexibility index (Phi) is 1.26. The minimum absolute atomic E-state index is 0.409. The van der Waals surface area contributed by atoms with Crippen molar-refractivity contribution in [3.8, 4) is 0 Å². The number of nitrogens with two attached hydrogens (primary N) is 1. The Balaban J connectivity index is 2.90. The number of allylic oxidation sites excluding steroid dienone is 2. The molecule has 3 heteroatoms. The van der Waals surface area contributed by atoms with Gasteiger partial charge in [0.25, 0.3) is 0 Å². The van der Waals surface area contributed by atoms with Gasteiger partial charge in [0, 0.05) is 11.9 Å². The van der Waals surface area contributed by atoms with Crippen molar-refractivity contribution in [2.24, 2.45) is 15.9 Å². The highest BCUT2D eigenvalue weighted by Gasteiger charge is 1.80. The van der Waals surface area contributed by atoms with Gasteiger partial charge in [-0.15, -0.1) is 10.2 Å². The molecule has 0 aliphatic carbocycles. The van der Waals surface area contributed by atoms with Gasteiger partial charge < -0.3 is 5.73 Å². The molecule has 8 heavy (non-hydrogen) atoms. The lowest BCUT2D eigenvalue weighted by Crippen LogP contribution is -2.05. The summed E-state index contributed by atoms with van der Waals surface area (Å²) in [6.45, 7) is 0. The maximum atomic E-state index is 5.24. The molecule has 0 saturated carbocycles. The Morgan fingerprint density at radius 3 is 3.38 bits per heavy atom. The lowest BCUT2D eigenvalue weighted by molar-refractivity contribution is 1.25. The molecule has 0 aromatic carbocycles. The zero-order valence-electron chi connectivity index (χ0n) is 4.20. The summed E-state index contributed by atoms with van der Waals surface area (Å²) in [6, 6.07) is 0. The molecule has 0 bridgehead atoms. The summed E-state index contributed by atoms with van der Waals surface area (Å²) in [4.78, 5) is 0. The molecule has 40 valence electrons. The molecule has 0 unspecified atom stereocenters. The minimum Gasteiger partial charge on any atom is -0.382 e. The van der Waals surface area contributed by atoms with Crippen LogP contribution in [0.4, 0.5) is 0 Å². The van der Waals surface area contributed by atoms with Gasteiger partial charge in [-0.05, 0) is 12.2 Å². The Morgan fingerprint density at radius 2 is 2.50 bits per heavy atom. The van der Waals surface area contributed by atoms with E-state index < -0.39 is 0 Å². The molecule has 1 aliphatic heterocycles. The van der Waals surface area contributed by atoms with Crippen LogP contribution in [-0.4, -0.2) is 11.7 Å². The minimum atomic E-state index is 0.409. The standard InChI is InChI=1S/C5H5N3/c6-5-3-1-2-4-7-8-5/h1-3H,(H2,6,8). The van der Waals surface area contributed by atoms with E-state index in [0.29, 0.717) is 5.84 Å². The molecule has 3 nitrogen and oxygen atoms in total.